The van der Waals surface area contributed by atoms with Gasteiger partial charge in [0.1, 0.15) is 0 Å². The van der Waals surface area contributed by atoms with E-state index in [1.807, 2.05) is 0 Å². The summed E-state index contributed by atoms with van der Waals surface area (Å²) in [7, 11) is 0. The number of nitrogens with one attached hydrogen (secondary N) is 2. The third-order valence-electron chi connectivity index (χ3n) is 4.91. The van der Waals surface area contributed by atoms with Crippen molar-refractivity contribution in [3.63, 3.8) is 0 Å². The maximum Gasteiger partial charge on any atom is 0.336 e. The summed E-state index contributed by atoms with van der Waals surface area (Å²) in [5, 5.41) is 24.0. The molecule has 8 heteroatoms. The third kappa shape index (κ3) is 5.25. The molecule has 0 aliphatic carbocycles. The van der Waals surface area contributed by atoms with Crippen LogP contribution in [0, 0.1) is 0 Å². The van der Waals surface area contributed by atoms with Gasteiger partial charge in [0, 0.05) is 11.4 Å². The maximum atomic E-state index is 12.7. The lowest BCUT2D eigenvalue weighted by molar-refractivity contribution is 0.0683. The molecular weight excluding hydrogens is 436 g/mol. The van der Waals surface area contributed by atoms with Crippen LogP contribution in [0.3, 0.4) is 0 Å². The van der Waals surface area contributed by atoms with Crippen molar-refractivity contribution >= 4 is 47.3 Å². The molecule has 0 saturated carbocycles. The minimum atomic E-state index is -1.24. The zero-order valence-electron chi connectivity index (χ0n) is 17.9. The number of anilines is 2. The van der Waals surface area contributed by atoms with E-state index in [2.05, 4.69) is 23.8 Å². The average Bonchev–Trinajstić information content (AvgIpc) is 2.84. The molecule has 3 rings (SSSR count). The quantitative estimate of drug-likeness (QED) is 0.382. The Kier molecular flexibility index (Phi) is 7.03. The lowest BCUT2D eigenvalue weighted by Crippen LogP contribution is -2.17. The lowest BCUT2D eigenvalue weighted by Gasteiger charge is -2.11. The topological polar surface area (TPSA) is 133 Å². The fourth-order valence-corrected chi connectivity index (χ4v) is 3.16. The Balaban J connectivity index is 1.77. The molecule has 4 N–H and O–H groups in total. The van der Waals surface area contributed by atoms with Gasteiger partial charge in [-0.1, -0.05) is 37.4 Å². The third-order valence-corrected chi connectivity index (χ3v) is 4.91. The molecule has 0 heterocycles. The highest BCUT2D eigenvalue weighted by Gasteiger charge is 2.18. The van der Waals surface area contributed by atoms with Crippen molar-refractivity contribution in [1.29, 1.82) is 0 Å². The molecule has 0 aromatic heterocycles. The van der Waals surface area contributed by atoms with Crippen LogP contribution in [0.1, 0.15) is 52.6 Å². The van der Waals surface area contributed by atoms with Crippen LogP contribution in [0.15, 0.2) is 73.8 Å². The fraction of sp³-hybridized carbons (Fsp3) is 0. The van der Waals surface area contributed by atoms with Crippen LogP contribution in [0.4, 0.5) is 11.4 Å². The van der Waals surface area contributed by atoms with Gasteiger partial charge in [-0.15, -0.1) is 0 Å². The molecule has 0 unspecified atom stereocenters. The van der Waals surface area contributed by atoms with E-state index in [9.17, 15) is 29.4 Å². The second-order valence-electron chi connectivity index (χ2n) is 7.11. The second-order valence-corrected chi connectivity index (χ2v) is 7.11. The molecule has 0 aliphatic heterocycles. The molecule has 0 radical (unpaired) electrons. The van der Waals surface area contributed by atoms with Crippen molar-refractivity contribution < 1.29 is 29.4 Å². The van der Waals surface area contributed by atoms with Crippen LogP contribution < -0.4 is 10.6 Å². The van der Waals surface area contributed by atoms with Crippen LogP contribution in [0.2, 0.25) is 0 Å². The summed E-state index contributed by atoms with van der Waals surface area (Å²) < 4.78 is 0. The minimum Gasteiger partial charge on any atom is -0.478 e. The van der Waals surface area contributed by atoms with Crippen molar-refractivity contribution in [2.45, 2.75) is 0 Å². The van der Waals surface area contributed by atoms with Gasteiger partial charge >= 0.3 is 11.9 Å². The number of carbonyl (C=O) groups excluding carboxylic acids is 2. The second kappa shape index (κ2) is 10.1. The smallest absolute Gasteiger partial charge is 0.336 e. The number of carboxylic acids is 2. The first-order chi connectivity index (χ1) is 16.2. The van der Waals surface area contributed by atoms with E-state index in [1.165, 1.54) is 60.7 Å². The van der Waals surface area contributed by atoms with Gasteiger partial charge in [0.15, 0.2) is 0 Å². The maximum absolute atomic E-state index is 12.7. The molecule has 0 fully saturated rings. The van der Waals surface area contributed by atoms with E-state index in [0.717, 1.165) is 0 Å². The zero-order valence-corrected chi connectivity index (χ0v) is 17.9. The molecule has 170 valence electrons. The zero-order chi connectivity index (χ0) is 24.8. The molecule has 2 amide bonds. The molecule has 0 bridgehead atoms. The number of rotatable bonds is 8. The van der Waals surface area contributed by atoms with Crippen LogP contribution >= 0.6 is 0 Å². The van der Waals surface area contributed by atoms with Crippen molar-refractivity contribution in [2.24, 2.45) is 0 Å². The monoisotopic (exact) mass is 456 g/mol. The molecule has 3 aromatic rings. The Morgan fingerprint density at radius 3 is 1.44 bits per heavy atom. The van der Waals surface area contributed by atoms with Gasteiger partial charge in [-0.05, 0) is 59.7 Å². The van der Waals surface area contributed by atoms with Gasteiger partial charge < -0.3 is 20.8 Å². The predicted molar refractivity (Wildman–Crippen MR) is 129 cm³/mol. The number of hydrogen-bond donors (Lipinski definition) is 4. The van der Waals surface area contributed by atoms with Crippen LogP contribution in [0.5, 0.6) is 0 Å². The van der Waals surface area contributed by atoms with Crippen LogP contribution in [-0.2, 0) is 0 Å². The molecule has 0 spiro atoms. The Bertz CT molecular complexity index is 1330. The largest absolute Gasteiger partial charge is 0.478 e. The highest BCUT2D eigenvalue weighted by Crippen LogP contribution is 2.20. The molecule has 34 heavy (non-hydrogen) atoms. The van der Waals surface area contributed by atoms with Gasteiger partial charge in [0.25, 0.3) is 11.8 Å². The summed E-state index contributed by atoms with van der Waals surface area (Å²) >= 11 is 0. The van der Waals surface area contributed by atoms with Crippen molar-refractivity contribution in [1.82, 2.24) is 0 Å². The molecule has 0 atom stereocenters. The van der Waals surface area contributed by atoms with E-state index in [4.69, 9.17) is 0 Å². The number of benzene rings is 3. The van der Waals surface area contributed by atoms with Gasteiger partial charge in [-0.25, -0.2) is 9.59 Å². The van der Waals surface area contributed by atoms with Crippen molar-refractivity contribution in [2.75, 3.05) is 10.6 Å². The Labute approximate surface area is 194 Å². The molecule has 0 aliphatic rings. The molecule has 8 nitrogen and oxygen atoms in total. The summed E-state index contributed by atoms with van der Waals surface area (Å²) in [4.78, 5) is 48.3. The first-order valence-corrected chi connectivity index (χ1v) is 9.95. The normalized spacial score (nSPS) is 10.1. The van der Waals surface area contributed by atoms with Crippen LogP contribution in [-0.4, -0.2) is 34.0 Å². The van der Waals surface area contributed by atoms with E-state index >= 15 is 0 Å². The Morgan fingerprint density at radius 2 is 1.00 bits per heavy atom. The minimum absolute atomic E-state index is 0.0150. The SMILES string of the molecule is C=Cc1ccc(C(=O)Nc2ccc(NC(=O)c3cc(C=C)ccc3C(=O)O)cc2)c(C(=O)O)c1. The number of carboxylic acid groups (broad SMARTS) is 2. The van der Waals surface area contributed by atoms with E-state index < -0.39 is 23.8 Å². The fourth-order valence-electron chi connectivity index (χ4n) is 3.16. The van der Waals surface area contributed by atoms with E-state index in [1.54, 1.807) is 12.1 Å². The number of carbonyl (C=O) groups is 4. The summed E-state index contributed by atoms with van der Waals surface area (Å²) in [6.07, 6.45) is 2.98. The Hall–Kier alpha value is -4.98. The standard InChI is InChI=1S/C26H20N2O6/c1-3-15-6-12-20(25(31)32)21(13-15)24(30)28-18-9-7-17(8-10-18)27-23(29)19-11-5-16(4-2)14-22(19)26(33)34/h3-14H,1-2H2,(H,27,29)(H,28,30)(H,31,32)(H,33,34). The van der Waals surface area contributed by atoms with Crippen LogP contribution in [0.25, 0.3) is 12.2 Å². The molecular formula is C26H20N2O6. The first-order valence-electron chi connectivity index (χ1n) is 9.95. The number of amides is 2. The Morgan fingerprint density at radius 1 is 0.588 bits per heavy atom. The van der Waals surface area contributed by atoms with Gasteiger partial charge in [-0.3, -0.25) is 9.59 Å². The van der Waals surface area contributed by atoms with Crippen molar-refractivity contribution in [3.8, 4) is 0 Å². The summed E-state index contributed by atoms with van der Waals surface area (Å²) in [6, 6.07) is 14.7. The molecule has 3 aromatic carbocycles. The number of hydrogen-bond acceptors (Lipinski definition) is 4. The summed E-state index contributed by atoms with van der Waals surface area (Å²) in [5.41, 5.74) is 1.55. The summed E-state index contributed by atoms with van der Waals surface area (Å²) in [6.45, 7) is 7.20. The highest BCUT2D eigenvalue weighted by molar-refractivity contribution is 6.12. The summed E-state index contributed by atoms with van der Waals surface area (Å²) in [5.74, 6) is -3.71. The van der Waals surface area contributed by atoms with E-state index in [-0.39, 0.29) is 22.3 Å². The van der Waals surface area contributed by atoms with Crippen molar-refractivity contribution in [3.05, 3.63) is 107 Å². The lowest BCUT2D eigenvalue weighted by atomic mass is 10.0. The molecule has 0 saturated heterocycles. The van der Waals surface area contributed by atoms with Gasteiger partial charge in [-0.2, -0.15) is 0 Å². The van der Waals surface area contributed by atoms with E-state index in [0.29, 0.717) is 22.5 Å². The van der Waals surface area contributed by atoms with Gasteiger partial charge in [0.05, 0.1) is 22.3 Å². The highest BCUT2D eigenvalue weighted by atomic mass is 16.4. The average molecular weight is 456 g/mol. The first kappa shape index (κ1) is 23.7. The van der Waals surface area contributed by atoms with Gasteiger partial charge in [0.2, 0.25) is 0 Å². The predicted octanol–water partition coefficient (Wildman–Crippen LogP) is 4.87. The number of aromatic carboxylic acids is 2.